The molecule has 1 aromatic carbocycles. The van der Waals surface area contributed by atoms with Crippen LogP contribution >= 0.6 is 0 Å². The number of halogens is 2. The lowest BCUT2D eigenvalue weighted by molar-refractivity contribution is -0.127. The molecule has 33 heavy (non-hydrogen) atoms. The maximum Gasteiger partial charge on any atom is 0.225 e. The molecule has 2 aromatic heterocycles. The number of carbonyl (C=O) groups is 1. The zero-order valence-corrected chi connectivity index (χ0v) is 18.7. The predicted molar refractivity (Wildman–Crippen MR) is 123 cm³/mol. The van der Waals surface area contributed by atoms with Gasteiger partial charge in [0, 0.05) is 26.1 Å². The SMILES string of the molecule is CC(=O)N1CCCC1.Fc1cccc(F)c1Nc1nc2nc(NC3CCCCC3)ncc2[nH]1. The van der Waals surface area contributed by atoms with Crippen LogP contribution in [0.3, 0.4) is 0 Å². The fraction of sp³-hybridized carbons (Fsp3) is 0.478. The van der Waals surface area contributed by atoms with Crippen molar-refractivity contribution in [2.75, 3.05) is 23.7 Å². The van der Waals surface area contributed by atoms with Crippen LogP contribution in [0.5, 0.6) is 0 Å². The first-order valence-electron chi connectivity index (χ1n) is 11.5. The molecule has 1 saturated carbocycles. The van der Waals surface area contributed by atoms with Crippen LogP contribution in [0.15, 0.2) is 24.4 Å². The van der Waals surface area contributed by atoms with E-state index >= 15 is 0 Å². The quantitative estimate of drug-likeness (QED) is 0.523. The van der Waals surface area contributed by atoms with Gasteiger partial charge in [0.25, 0.3) is 0 Å². The Kier molecular flexibility index (Phi) is 7.31. The van der Waals surface area contributed by atoms with Crippen LogP contribution in [0.4, 0.5) is 26.4 Å². The van der Waals surface area contributed by atoms with Crippen molar-refractivity contribution in [3.63, 3.8) is 0 Å². The number of aromatic nitrogens is 4. The Labute approximate surface area is 191 Å². The van der Waals surface area contributed by atoms with Crippen molar-refractivity contribution in [2.24, 2.45) is 0 Å². The first-order valence-corrected chi connectivity index (χ1v) is 11.5. The number of aromatic amines is 1. The summed E-state index contributed by atoms with van der Waals surface area (Å²) in [5, 5.41) is 5.96. The molecule has 0 atom stereocenters. The van der Waals surface area contributed by atoms with Gasteiger partial charge >= 0.3 is 0 Å². The Bertz CT molecular complexity index is 1070. The van der Waals surface area contributed by atoms with E-state index in [4.69, 9.17) is 0 Å². The van der Waals surface area contributed by atoms with Crippen molar-refractivity contribution in [1.29, 1.82) is 0 Å². The molecule has 5 rings (SSSR count). The summed E-state index contributed by atoms with van der Waals surface area (Å²) >= 11 is 0. The zero-order chi connectivity index (χ0) is 23.2. The lowest BCUT2D eigenvalue weighted by atomic mass is 9.96. The number of nitrogens with zero attached hydrogens (tertiary/aromatic N) is 4. The third-order valence-corrected chi connectivity index (χ3v) is 5.94. The third kappa shape index (κ3) is 5.94. The number of carbonyl (C=O) groups excluding carboxylic acids is 1. The molecule has 1 aliphatic heterocycles. The van der Waals surface area contributed by atoms with E-state index in [2.05, 4.69) is 30.6 Å². The predicted octanol–water partition coefficient (Wildman–Crippen LogP) is 4.75. The van der Waals surface area contributed by atoms with Crippen molar-refractivity contribution in [1.82, 2.24) is 24.8 Å². The number of imidazole rings is 1. The smallest absolute Gasteiger partial charge is 0.225 e. The third-order valence-electron chi connectivity index (χ3n) is 5.94. The van der Waals surface area contributed by atoms with Gasteiger partial charge < -0.3 is 20.5 Å². The van der Waals surface area contributed by atoms with E-state index in [1.165, 1.54) is 50.3 Å². The summed E-state index contributed by atoms with van der Waals surface area (Å²) < 4.78 is 27.5. The van der Waals surface area contributed by atoms with E-state index in [1.807, 2.05) is 4.90 Å². The Hall–Kier alpha value is -3.30. The molecule has 0 unspecified atom stereocenters. The van der Waals surface area contributed by atoms with Crippen molar-refractivity contribution in [2.45, 2.75) is 57.9 Å². The van der Waals surface area contributed by atoms with Crippen LogP contribution in [-0.4, -0.2) is 49.9 Å². The van der Waals surface area contributed by atoms with E-state index in [0.29, 0.717) is 23.2 Å². The number of likely N-dealkylation sites (tertiary alicyclic amines) is 1. The molecule has 176 valence electrons. The van der Waals surface area contributed by atoms with Gasteiger partial charge in [0.2, 0.25) is 17.8 Å². The lowest BCUT2D eigenvalue weighted by Gasteiger charge is -2.22. The summed E-state index contributed by atoms with van der Waals surface area (Å²) in [7, 11) is 0. The molecule has 1 aliphatic carbocycles. The van der Waals surface area contributed by atoms with Crippen LogP contribution < -0.4 is 10.6 Å². The number of para-hydroxylation sites is 1. The standard InChI is InChI=1S/C17H18F2N6.C6H11NO/c18-11-7-4-8-12(19)14(11)23-17-22-13-9-20-16(24-15(13)25-17)21-10-5-2-1-3-6-10;1-6(8)7-4-2-3-5-7/h4,7-10H,1-3,5-6H2,(H3,20,21,22,23,24,25);2-5H2,1H3. The molecule has 2 fully saturated rings. The molecule has 0 spiro atoms. The molecule has 1 saturated heterocycles. The average Bonchev–Trinajstić information content (AvgIpc) is 3.47. The molecule has 3 aromatic rings. The van der Waals surface area contributed by atoms with Crippen LogP contribution in [-0.2, 0) is 4.79 Å². The number of amides is 1. The highest BCUT2D eigenvalue weighted by atomic mass is 19.1. The highest BCUT2D eigenvalue weighted by molar-refractivity contribution is 5.75. The number of benzene rings is 1. The molecular formula is C23H29F2N7O. The summed E-state index contributed by atoms with van der Waals surface area (Å²) in [5.41, 5.74) is 0.774. The molecular weight excluding hydrogens is 428 g/mol. The maximum atomic E-state index is 13.7. The number of hydrogen-bond donors (Lipinski definition) is 3. The van der Waals surface area contributed by atoms with Gasteiger partial charge in [0.15, 0.2) is 5.65 Å². The highest BCUT2D eigenvalue weighted by Crippen LogP contribution is 2.24. The second-order valence-electron chi connectivity index (χ2n) is 8.43. The fourth-order valence-corrected chi connectivity index (χ4v) is 4.13. The van der Waals surface area contributed by atoms with Crippen molar-refractivity contribution < 1.29 is 13.6 Å². The summed E-state index contributed by atoms with van der Waals surface area (Å²) in [4.78, 5) is 28.3. The van der Waals surface area contributed by atoms with Gasteiger partial charge in [-0.05, 0) is 37.8 Å². The van der Waals surface area contributed by atoms with Crippen molar-refractivity contribution in [3.05, 3.63) is 36.0 Å². The fourth-order valence-electron chi connectivity index (χ4n) is 4.13. The zero-order valence-electron chi connectivity index (χ0n) is 18.7. The molecule has 0 bridgehead atoms. The van der Waals surface area contributed by atoms with Gasteiger partial charge in [-0.25, -0.2) is 13.8 Å². The minimum absolute atomic E-state index is 0.211. The normalized spacial score (nSPS) is 16.4. The van der Waals surface area contributed by atoms with Crippen LogP contribution in [0.25, 0.3) is 11.2 Å². The summed E-state index contributed by atoms with van der Waals surface area (Å²) in [6.45, 7) is 3.59. The van der Waals surface area contributed by atoms with Gasteiger partial charge in [0.1, 0.15) is 22.8 Å². The number of rotatable bonds is 4. The van der Waals surface area contributed by atoms with Crippen LogP contribution in [0, 0.1) is 11.6 Å². The van der Waals surface area contributed by atoms with Crippen LogP contribution in [0.2, 0.25) is 0 Å². The Morgan fingerprint density at radius 3 is 2.39 bits per heavy atom. The molecule has 2 aliphatic rings. The minimum atomic E-state index is -0.689. The maximum absolute atomic E-state index is 13.7. The highest BCUT2D eigenvalue weighted by Gasteiger charge is 2.16. The Morgan fingerprint density at radius 2 is 1.76 bits per heavy atom. The number of anilines is 3. The van der Waals surface area contributed by atoms with Gasteiger partial charge in [-0.3, -0.25) is 4.79 Å². The summed E-state index contributed by atoms with van der Waals surface area (Å²) in [6, 6.07) is 4.05. The number of hydrogen-bond acceptors (Lipinski definition) is 6. The molecule has 3 N–H and O–H groups in total. The van der Waals surface area contributed by atoms with Gasteiger partial charge in [-0.1, -0.05) is 25.3 Å². The number of nitrogens with one attached hydrogen (secondary N) is 3. The monoisotopic (exact) mass is 457 g/mol. The largest absolute Gasteiger partial charge is 0.351 e. The van der Waals surface area contributed by atoms with Crippen LogP contribution in [0.1, 0.15) is 51.9 Å². The second-order valence-corrected chi connectivity index (χ2v) is 8.43. The van der Waals surface area contributed by atoms with Gasteiger partial charge in [0.05, 0.1) is 6.20 Å². The lowest BCUT2D eigenvalue weighted by Crippen LogP contribution is -2.24. The van der Waals surface area contributed by atoms with E-state index in [9.17, 15) is 13.6 Å². The van der Waals surface area contributed by atoms with E-state index in [-0.39, 0.29) is 17.5 Å². The molecule has 0 radical (unpaired) electrons. The molecule has 8 nitrogen and oxygen atoms in total. The number of H-pyrrole nitrogens is 1. The molecule has 3 heterocycles. The Morgan fingerprint density at radius 1 is 1.06 bits per heavy atom. The molecule has 1 amide bonds. The summed E-state index contributed by atoms with van der Waals surface area (Å²) in [5.74, 6) is -0.419. The van der Waals surface area contributed by atoms with Gasteiger partial charge in [-0.15, -0.1) is 0 Å². The average molecular weight is 458 g/mol. The Balaban J connectivity index is 0.000000275. The number of fused-ring (bicyclic) bond motifs is 1. The molecule has 10 heteroatoms. The van der Waals surface area contributed by atoms with E-state index < -0.39 is 11.6 Å². The van der Waals surface area contributed by atoms with Crippen molar-refractivity contribution >= 4 is 34.7 Å². The topological polar surface area (TPSA) is 98.8 Å². The minimum Gasteiger partial charge on any atom is -0.351 e. The summed E-state index contributed by atoms with van der Waals surface area (Å²) in [6.07, 6.45) is 9.93. The van der Waals surface area contributed by atoms with Crippen molar-refractivity contribution in [3.8, 4) is 0 Å². The van der Waals surface area contributed by atoms with E-state index in [0.717, 1.165) is 25.9 Å². The first kappa shape index (κ1) is 22.9. The first-order chi connectivity index (χ1) is 16.0. The van der Waals surface area contributed by atoms with Gasteiger partial charge in [-0.2, -0.15) is 9.97 Å². The van der Waals surface area contributed by atoms with E-state index in [1.54, 1.807) is 13.1 Å². The second kappa shape index (κ2) is 10.5.